The molecule has 2 aromatic rings. The molecule has 2 aliphatic heterocycles. The molecule has 0 atom stereocenters. The van der Waals surface area contributed by atoms with Gasteiger partial charge in [0.05, 0.1) is 6.54 Å². The Morgan fingerprint density at radius 2 is 1.62 bits per heavy atom. The summed E-state index contributed by atoms with van der Waals surface area (Å²) in [6.07, 6.45) is 0. The second kappa shape index (κ2) is 8.93. The van der Waals surface area contributed by atoms with Crippen LogP contribution in [0.15, 0.2) is 48.5 Å². The predicted octanol–water partition coefficient (Wildman–Crippen LogP) is 1.88. The largest absolute Gasteiger partial charge is 0.454 e. The molecule has 2 N–H and O–H groups in total. The second-order valence-electron chi connectivity index (χ2n) is 7.11. The topological polar surface area (TPSA) is 83.1 Å². The van der Waals surface area contributed by atoms with Gasteiger partial charge in [-0.2, -0.15) is 0 Å². The van der Waals surface area contributed by atoms with Crippen molar-refractivity contribution in [3.05, 3.63) is 54.1 Å². The van der Waals surface area contributed by atoms with Crippen LogP contribution in [-0.2, 0) is 11.3 Å². The molecular weight excluding hydrogens is 372 g/mol. The Hall–Kier alpha value is -3.10. The van der Waals surface area contributed by atoms with Crippen molar-refractivity contribution in [2.75, 3.05) is 44.8 Å². The maximum atomic E-state index is 12.2. The molecule has 0 aliphatic carbocycles. The van der Waals surface area contributed by atoms with Crippen LogP contribution < -0.4 is 20.1 Å². The third kappa shape index (κ3) is 5.24. The highest BCUT2D eigenvalue weighted by Crippen LogP contribution is 2.34. The standard InChI is InChI=1S/C21H24N4O4/c26-20(23-21(27)22-17-6-7-18-19(12-17)29-15-28-18)14-25-10-8-24(9-11-25)13-16-4-2-1-3-5-16/h1-7,12H,8-11,13-15H2,(H2,22,23,26,27). The number of carbonyl (C=O) groups is 2. The molecule has 1 saturated heterocycles. The number of urea groups is 1. The number of benzene rings is 2. The van der Waals surface area contributed by atoms with Crippen LogP contribution in [0.3, 0.4) is 0 Å². The van der Waals surface area contributed by atoms with Gasteiger partial charge in [-0.25, -0.2) is 4.79 Å². The quantitative estimate of drug-likeness (QED) is 0.803. The molecule has 152 valence electrons. The van der Waals surface area contributed by atoms with Gasteiger partial charge in [0, 0.05) is 44.5 Å². The van der Waals surface area contributed by atoms with Crippen molar-refractivity contribution in [1.29, 1.82) is 0 Å². The molecule has 8 nitrogen and oxygen atoms in total. The molecule has 29 heavy (non-hydrogen) atoms. The van der Waals surface area contributed by atoms with E-state index in [1.165, 1.54) is 5.56 Å². The number of piperazine rings is 1. The summed E-state index contributed by atoms with van der Waals surface area (Å²) >= 11 is 0. The van der Waals surface area contributed by atoms with Crippen molar-refractivity contribution in [1.82, 2.24) is 15.1 Å². The fourth-order valence-corrected chi connectivity index (χ4v) is 3.45. The first-order valence-electron chi connectivity index (χ1n) is 9.65. The van der Waals surface area contributed by atoms with E-state index in [4.69, 9.17) is 9.47 Å². The minimum Gasteiger partial charge on any atom is -0.454 e. The zero-order valence-electron chi connectivity index (χ0n) is 16.1. The molecule has 2 heterocycles. The van der Waals surface area contributed by atoms with E-state index in [2.05, 4.69) is 32.6 Å². The van der Waals surface area contributed by atoms with Gasteiger partial charge in [-0.15, -0.1) is 0 Å². The van der Waals surface area contributed by atoms with E-state index in [1.807, 2.05) is 18.2 Å². The maximum absolute atomic E-state index is 12.2. The van der Waals surface area contributed by atoms with E-state index in [-0.39, 0.29) is 19.2 Å². The number of ether oxygens (including phenoxy) is 2. The zero-order chi connectivity index (χ0) is 20.1. The number of hydrogen-bond acceptors (Lipinski definition) is 6. The zero-order valence-corrected chi connectivity index (χ0v) is 16.1. The van der Waals surface area contributed by atoms with E-state index >= 15 is 0 Å². The summed E-state index contributed by atoms with van der Waals surface area (Å²) in [6.45, 7) is 4.67. The van der Waals surface area contributed by atoms with E-state index in [0.29, 0.717) is 17.2 Å². The number of amides is 3. The summed E-state index contributed by atoms with van der Waals surface area (Å²) in [5, 5.41) is 5.02. The van der Waals surface area contributed by atoms with Crippen LogP contribution in [0, 0.1) is 0 Å². The fourth-order valence-electron chi connectivity index (χ4n) is 3.45. The molecule has 1 fully saturated rings. The average Bonchev–Trinajstić information content (AvgIpc) is 3.18. The molecule has 2 aliphatic rings. The van der Waals surface area contributed by atoms with Crippen molar-refractivity contribution < 1.29 is 19.1 Å². The number of nitrogens with zero attached hydrogens (tertiary/aromatic N) is 2. The van der Waals surface area contributed by atoms with E-state index in [0.717, 1.165) is 32.7 Å². The molecule has 0 spiro atoms. The monoisotopic (exact) mass is 396 g/mol. The van der Waals surface area contributed by atoms with Crippen molar-refractivity contribution in [3.63, 3.8) is 0 Å². The van der Waals surface area contributed by atoms with Gasteiger partial charge < -0.3 is 14.8 Å². The predicted molar refractivity (Wildman–Crippen MR) is 108 cm³/mol. The molecule has 3 amide bonds. The Morgan fingerprint density at radius 1 is 0.897 bits per heavy atom. The molecule has 0 unspecified atom stereocenters. The van der Waals surface area contributed by atoms with Gasteiger partial charge in [0.1, 0.15) is 0 Å². The van der Waals surface area contributed by atoms with E-state index in [1.54, 1.807) is 18.2 Å². The summed E-state index contributed by atoms with van der Waals surface area (Å²) in [7, 11) is 0. The van der Waals surface area contributed by atoms with Crippen LogP contribution in [0.2, 0.25) is 0 Å². The molecule has 0 radical (unpaired) electrons. The van der Waals surface area contributed by atoms with Gasteiger partial charge in [-0.05, 0) is 17.7 Å². The molecule has 4 rings (SSSR count). The van der Waals surface area contributed by atoms with Gasteiger partial charge in [0.25, 0.3) is 0 Å². The maximum Gasteiger partial charge on any atom is 0.325 e. The first-order chi connectivity index (χ1) is 14.2. The molecule has 0 saturated carbocycles. The van der Waals surface area contributed by atoms with Gasteiger partial charge in [-0.3, -0.25) is 19.9 Å². The number of nitrogens with one attached hydrogen (secondary N) is 2. The number of anilines is 1. The molecule has 0 bridgehead atoms. The van der Waals surface area contributed by atoms with Crippen LogP contribution in [-0.4, -0.2) is 61.3 Å². The average molecular weight is 396 g/mol. The Balaban J connectivity index is 1.18. The Morgan fingerprint density at radius 3 is 2.41 bits per heavy atom. The van der Waals surface area contributed by atoms with Crippen molar-refractivity contribution in [2.24, 2.45) is 0 Å². The Bertz CT molecular complexity index is 866. The van der Waals surface area contributed by atoms with Crippen LogP contribution in [0.5, 0.6) is 11.5 Å². The molecule has 0 aromatic heterocycles. The van der Waals surface area contributed by atoms with Gasteiger partial charge in [0.2, 0.25) is 12.7 Å². The smallest absolute Gasteiger partial charge is 0.325 e. The lowest BCUT2D eigenvalue weighted by Crippen LogP contribution is -2.50. The van der Waals surface area contributed by atoms with Crippen molar-refractivity contribution >= 4 is 17.6 Å². The summed E-state index contributed by atoms with van der Waals surface area (Å²) < 4.78 is 10.5. The van der Waals surface area contributed by atoms with Gasteiger partial charge in [0.15, 0.2) is 11.5 Å². The van der Waals surface area contributed by atoms with E-state index < -0.39 is 6.03 Å². The van der Waals surface area contributed by atoms with Crippen LogP contribution in [0.4, 0.5) is 10.5 Å². The number of carbonyl (C=O) groups excluding carboxylic acids is 2. The number of hydrogen-bond donors (Lipinski definition) is 2. The third-order valence-electron chi connectivity index (χ3n) is 4.96. The van der Waals surface area contributed by atoms with Crippen LogP contribution >= 0.6 is 0 Å². The highest BCUT2D eigenvalue weighted by atomic mass is 16.7. The third-order valence-corrected chi connectivity index (χ3v) is 4.96. The Kier molecular flexibility index (Phi) is 5.92. The summed E-state index contributed by atoms with van der Waals surface area (Å²) in [5.74, 6) is 0.890. The highest BCUT2D eigenvalue weighted by molar-refractivity contribution is 6.01. The van der Waals surface area contributed by atoms with Gasteiger partial charge >= 0.3 is 6.03 Å². The summed E-state index contributed by atoms with van der Waals surface area (Å²) in [4.78, 5) is 28.7. The minimum atomic E-state index is -0.559. The lowest BCUT2D eigenvalue weighted by molar-refractivity contribution is -0.121. The van der Waals surface area contributed by atoms with Gasteiger partial charge in [-0.1, -0.05) is 30.3 Å². The number of rotatable bonds is 5. The molecule has 8 heteroatoms. The summed E-state index contributed by atoms with van der Waals surface area (Å²) in [5.41, 5.74) is 1.83. The van der Waals surface area contributed by atoms with Crippen LogP contribution in [0.25, 0.3) is 0 Å². The fraction of sp³-hybridized carbons (Fsp3) is 0.333. The minimum absolute atomic E-state index is 0.169. The van der Waals surface area contributed by atoms with Crippen molar-refractivity contribution in [3.8, 4) is 11.5 Å². The normalized spacial score (nSPS) is 16.4. The number of imide groups is 1. The first-order valence-corrected chi connectivity index (χ1v) is 9.65. The molecule has 2 aromatic carbocycles. The highest BCUT2D eigenvalue weighted by Gasteiger charge is 2.20. The lowest BCUT2D eigenvalue weighted by atomic mass is 10.2. The Labute approximate surface area is 169 Å². The van der Waals surface area contributed by atoms with E-state index in [9.17, 15) is 9.59 Å². The van der Waals surface area contributed by atoms with Crippen molar-refractivity contribution in [2.45, 2.75) is 6.54 Å². The van der Waals surface area contributed by atoms with Crippen LogP contribution in [0.1, 0.15) is 5.56 Å². The lowest BCUT2D eigenvalue weighted by Gasteiger charge is -2.34. The SMILES string of the molecule is O=C(CN1CCN(Cc2ccccc2)CC1)NC(=O)Nc1ccc2c(c1)OCO2. The molecular formula is C21H24N4O4. The second-order valence-corrected chi connectivity index (χ2v) is 7.11. The first kappa shape index (κ1) is 19.2. The number of fused-ring (bicyclic) bond motifs is 1. The summed E-state index contributed by atoms with van der Waals surface area (Å²) in [6, 6.07) is 14.9.